The minimum absolute atomic E-state index is 0.519. The van der Waals surface area contributed by atoms with Crippen molar-refractivity contribution in [1.29, 1.82) is 0 Å². The van der Waals surface area contributed by atoms with E-state index in [1.165, 1.54) is 12.8 Å². The molecule has 1 aromatic rings. The van der Waals surface area contributed by atoms with Gasteiger partial charge in [-0.1, -0.05) is 11.6 Å². The van der Waals surface area contributed by atoms with Gasteiger partial charge in [-0.2, -0.15) is 0 Å². The third-order valence-corrected chi connectivity index (χ3v) is 4.51. The molecule has 1 aromatic carbocycles. The second-order valence-corrected chi connectivity index (χ2v) is 7.88. The number of benzene rings is 1. The highest BCUT2D eigenvalue weighted by molar-refractivity contribution is 7.92. The summed E-state index contributed by atoms with van der Waals surface area (Å²) in [6.07, 6.45) is 3.55. The number of nitrogens with zero attached hydrogens (tertiary/aromatic N) is 1. The van der Waals surface area contributed by atoms with Crippen LogP contribution < -0.4 is 10.0 Å². The molecule has 7 heteroatoms. The van der Waals surface area contributed by atoms with E-state index in [-0.39, 0.29) is 0 Å². The van der Waals surface area contributed by atoms with E-state index in [2.05, 4.69) is 22.0 Å². The first kappa shape index (κ1) is 16.4. The van der Waals surface area contributed by atoms with Gasteiger partial charge in [0.2, 0.25) is 10.0 Å². The first-order valence-electron chi connectivity index (χ1n) is 7.03. The molecule has 21 heavy (non-hydrogen) atoms. The average molecular weight is 332 g/mol. The van der Waals surface area contributed by atoms with Gasteiger partial charge in [-0.3, -0.25) is 4.72 Å². The highest BCUT2D eigenvalue weighted by Crippen LogP contribution is 2.27. The van der Waals surface area contributed by atoms with Crippen LogP contribution in [0.25, 0.3) is 0 Å². The van der Waals surface area contributed by atoms with Gasteiger partial charge in [0.25, 0.3) is 0 Å². The fourth-order valence-electron chi connectivity index (χ4n) is 2.63. The number of nitrogens with one attached hydrogen (secondary N) is 2. The van der Waals surface area contributed by atoms with Crippen molar-refractivity contribution in [2.75, 3.05) is 43.0 Å². The molecule has 0 aliphatic carbocycles. The zero-order valence-corrected chi connectivity index (χ0v) is 14.0. The molecule has 2 rings (SSSR count). The van der Waals surface area contributed by atoms with Gasteiger partial charge in [-0.25, -0.2) is 8.42 Å². The standard InChI is InChI=1S/C14H22ClN3O2S/c1-18-7-3-4-11(10-18)9-16-14-8-12(5-6-13(14)15)17-21(2,19)20/h5-6,8,11,16-17H,3-4,7,9-10H2,1-2H3. The Kier molecular flexibility index (Phi) is 5.35. The molecule has 0 saturated carbocycles. The van der Waals surface area contributed by atoms with Gasteiger partial charge < -0.3 is 10.2 Å². The normalized spacial score (nSPS) is 20.2. The Hall–Kier alpha value is -0.980. The summed E-state index contributed by atoms with van der Waals surface area (Å²) < 4.78 is 25.0. The SMILES string of the molecule is CN1CCCC(CNc2cc(NS(C)(=O)=O)ccc2Cl)C1. The van der Waals surface area contributed by atoms with Crippen LogP contribution in [-0.4, -0.2) is 46.3 Å². The highest BCUT2D eigenvalue weighted by atomic mass is 35.5. The fourth-order valence-corrected chi connectivity index (χ4v) is 3.37. The summed E-state index contributed by atoms with van der Waals surface area (Å²) in [4.78, 5) is 2.33. The molecule has 1 unspecified atom stereocenters. The molecule has 0 aromatic heterocycles. The van der Waals surface area contributed by atoms with E-state index in [9.17, 15) is 8.42 Å². The van der Waals surface area contributed by atoms with Crippen LogP contribution in [0.2, 0.25) is 5.02 Å². The minimum atomic E-state index is -3.28. The van der Waals surface area contributed by atoms with E-state index in [0.29, 0.717) is 16.6 Å². The van der Waals surface area contributed by atoms with E-state index in [1.54, 1.807) is 18.2 Å². The van der Waals surface area contributed by atoms with Gasteiger partial charge in [0.1, 0.15) is 0 Å². The third kappa shape index (κ3) is 5.37. The molecule has 1 fully saturated rings. The Morgan fingerprint density at radius 2 is 2.19 bits per heavy atom. The molecule has 118 valence electrons. The summed E-state index contributed by atoms with van der Waals surface area (Å²) in [7, 11) is -1.14. The van der Waals surface area contributed by atoms with Crippen LogP contribution in [0.1, 0.15) is 12.8 Å². The maximum absolute atomic E-state index is 11.3. The van der Waals surface area contributed by atoms with Crippen molar-refractivity contribution in [2.45, 2.75) is 12.8 Å². The number of halogens is 1. The molecule has 1 aliphatic rings. The smallest absolute Gasteiger partial charge is 0.229 e. The highest BCUT2D eigenvalue weighted by Gasteiger charge is 2.17. The second-order valence-electron chi connectivity index (χ2n) is 5.72. The van der Waals surface area contributed by atoms with E-state index in [4.69, 9.17) is 11.6 Å². The summed E-state index contributed by atoms with van der Waals surface area (Å²) in [5, 5.41) is 3.93. The van der Waals surface area contributed by atoms with Crippen molar-refractivity contribution in [1.82, 2.24) is 4.90 Å². The number of hydrogen-bond donors (Lipinski definition) is 2. The van der Waals surface area contributed by atoms with E-state index < -0.39 is 10.0 Å². The summed E-state index contributed by atoms with van der Waals surface area (Å²) in [5.74, 6) is 0.589. The molecular weight excluding hydrogens is 310 g/mol. The van der Waals surface area contributed by atoms with E-state index in [1.807, 2.05) is 0 Å². The minimum Gasteiger partial charge on any atom is -0.383 e. The first-order valence-corrected chi connectivity index (χ1v) is 9.30. The van der Waals surface area contributed by atoms with Gasteiger partial charge in [-0.15, -0.1) is 0 Å². The number of anilines is 2. The summed E-state index contributed by atoms with van der Waals surface area (Å²) in [6.45, 7) is 3.07. The molecule has 1 atom stereocenters. The van der Waals surface area contributed by atoms with Crippen molar-refractivity contribution in [3.05, 3.63) is 23.2 Å². The van der Waals surface area contributed by atoms with Gasteiger partial charge in [0.15, 0.2) is 0 Å². The van der Waals surface area contributed by atoms with Crippen LogP contribution in [0.5, 0.6) is 0 Å². The Labute approximate surface area is 131 Å². The van der Waals surface area contributed by atoms with Crippen LogP contribution in [-0.2, 0) is 10.0 Å². The maximum Gasteiger partial charge on any atom is 0.229 e. The predicted octanol–water partition coefficient (Wildman–Crippen LogP) is 2.47. The number of likely N-dealkylation sites (tertiary alicyclic amines) is 1. The Balaban J connectivity index is 2.00. The second kappa shape index (κ2) is 6.85. The molecule has 0 radical (unpaired) electrons. The van der Waals surface area contributed by atoms with Crippen molar-refractivity contribution in [3.63, 3.8) is 0 Å². The molecule has 1 heterocycles. The third-order valence-electron chi connectivity index (χ3n) is 3.57. The quantitative estimate of drug-likeness (QED) is 0.870. The number of hydrogen-bond acceptors (Lipinski definition) is 4. The Bertz CT molecular complexity index is 592. The van der Waals surface area contributed by atoms with Crippen LogP contribution in [0.15, 0.2) is 18.2 Å². The van der Waals surface area contributed by atoms with Crippen molar-refractivity contribution in [3.8, 4) is 0 Å². The monoisotopic (exact) mass is 331 g/mol. The van der Waals surface area contributed by atoms with Gasteiger partial charge in [-0.05, 0) is 50.6 Å². The molecule has 0 amide bonds. The topological polar surface area (TPSA) is 61.4 Å². The fraction of sp³-hybridized carbons (Fsp3) is 0.571. The van der Waals surface area contributed by atoms with Crippen molar-refractivity contribution in [2.24, 2.45) is 5.92 Å². The molecule has 0 bridgehead atoms. The summed E-state index contributed by atoms with van der Waals surface area (Å²) >= 11 is 6.16. The van der Waals surface area contributed by atoms with E-state index >= 15 is 0 Å². The lowest BCUT2D eigenvalue weighted by Crippen LogP contribution is -2.35. The van der Waals surface area contributed by atoms with Crippen LogP contribution in [0, 0.1) is 5.92 Å². The van der Waals surface area contributed by atoms with Crippen LogP contribution >= 0.6 is 11.6 Å². The zero-order valence-electron chi connectivity index (χ0n) is 12.4. The molecule has 5 nitrogen and oxygen atoms in total. The number of sulfonamides is 1. The number of rotatable bonds is 5. The summed E-state index contributed by atoms with van der Waals surface area (Å²) in [6, 6.07) is 5.09. The molecule has 1 saturated heterocycles. The van der Waals surface area contributed by atoms with Gasteiger partial charge in [0.05, 0.1) is 22.7 Å². The largest absolute Gasteiger partial charge is 0.383 e. The van der Waals surface area contributed by atoms with Gasteiger partial charge >= 0.3 is 0 Å². The molecular formula is C14H22ClN3O2S. The molecule has 1 aliphatic heterocycles. The Morgan fingerprint density at radius 1 is 1.43 bits per heavy atom. The molecule has 0 spiro atoms. The van der Waals surface area contributed by atoms with E-state index in [0.717, 1.165) is 31.6 Å². The molecule has 2 N–H and O–H groups in total. The predicted molar refractivity (Wildman–Crippen MR) is 88.6 cm³/mol. The lowest BCUT2D eigenvalue weighted by molar-refractivity contribution is 0.217. The van der Waals surface area contributed by atoms with Crippen molar-refractivity contribution >= 4 is 33.0 Å². The first-order chi connectivity index (χ1) is 9.83. The van der Waals surface area contributed by atoms with Crippen LogP contribution in [0.3, 0.4) is 0 Å². The number of piperidine rings is 1. The zero-order chi connectivity index (χ0) is 15.5. The van der Waals surface area contributed by atoms with Crippen LogP contribution in [0.4, 0.5) is 11.4 Å². The Morgan fingerprint density at radius 3 is 2.86 bits per heavy atom. The van der Waals surface area contributed by atoms with Crippen molar-refractivity contribution < 1.29 is 8.42 Å². The van der Waals surface area contributed by atoms with Gasteiger partial charge in [0, 0.05) is 13.1 Å². The summed E-state index contributed by atoms with van der Waals surface area (Å²) in [5.41, 5.74) is 1.28. The lowest BCUT2D eigenvalue weighted by atomic mass is 9.98. The lowest BCUT2D eigenvalue weighted by Gasteiger charge is -2.30. The maximum atomic E-state index is 11.3. The average Bonchev–Trinajstić information content (AvgIpc) is 2.38.